The van der Waals surface area contributed by atoms with E-state index >= 15 is 0 Å². The highest BCUT2D eigenvalue weighted by Crippen LogP contribution is 2.50. The van der Waals surface area contributed by atoms with Crippen molar-refractivity contribution in [2.75, 3.05) is 6.61 Å². The molecule has 0 saturated heterocycles. The van der Waals surface area contributed by atoms with E-state index in [1.54, 1.807) is 0 Å². The van der Waals surface area contributed by atoms with Gasteiger partial charge in [0, 0.05) is 5.56 Å². The van der Waals surface area contributed by atoms with E-state index < -0.39 is 12.1 Å². The number of carbonyl (C=O) groups is 1. The molecule has 5 rings (SSSR count). The third kappa shape index (κ3) is 3.55. The van der Waals surface area contributed by atoms with Crippen LogP contribution in [-0.4, -0.2) is 23.3 Å². The minimum atomic E-state index is -0.941. The summed E-state index contributed by atoms with van der Waals surface area (Å²) in [5.41, 5.74) is 6.12. The van der Waals surface area contributed by atoms with Crippen LogP contribution < -0.4 is 4.74 Å². The molecule has 2 fully saturated rings. The monoisotopic (exact) mass is 392 g/mol. The minimum Gasteiger partial charge on any atom is -0.493 e. The van der Waals surface area contributed by atoms with Crippen LogP contribution in [0.25, 0.3) is 11.1 Å². The smallest absolute Gasteiger partial charge is 0.337 e. The Kier molecular flexibility index (Phi) is 4.43. The second kappa shape index (κ2) is 6.88. The highest BCUT2D eigenvalue weighted by molar-refractivity contribution is 5.83. The van der Waals surface area contributed by atoms with Crippen LogP contribution >= 0.6 is 0 Å². The molecule has 3 aliphatic rings. The Labute approximate surface area is 171 Å². The Hall–Kier alpha value is -2.33. The Morgan fingerprint density at radius 1 is 1.24 bits per heavy atom. The van der Waals surface area contributed by atoms with E-state index in [1.165, 1.54) is 24.0 Å². The van der Waals surface area contributed by atoms with E-state index in [1.807, 2.05) is 19.9 Å². The normalized spacial score (nSPS) is 20.5. The molecule has 1 unspecified atom stereocenters. The quantitative estimate of drug-likeness (QED) is 0.699. The summed E-state index contributed by atoms with van der Waals surface area (Å²) in [6, 6.07) is 10.6. The molecule has 2 aromatic rings. The van der Waals surface area contributed by atoms with E-state index in [0.29, 0.717) is 5.92 Å². The van der Waals surface area contributed by atoms with Crippen molar-refractivity contribution in [3.63, 3.8) is 0 Å². The van der Waals surface area contributed by atoms with Crippen molar-refractivity contribution in [1.82, 2.24) is 0 Å². The van der Waals surface area contributed by atoms with Gasteiger partial charge in [0.05, 0.1) is 12.2 Å². The van der Waals surface area contributed by atoms with Gasteiger partial charge in [-0.2, -0.15) is 0 Å². The van der Waals surface area contributed by atoms with Crippen LogP contribution in [0.2, 0.25) is 0 Å². The fraction of sp³-hybridized carbons (Fsp3) is 0.480. The second-order valence-electron chi connectivity index (χ2n) is 9.10. The van der Waals surface area contributed by atoms with Crippen molar-refractivity contribution in [3.05, 3.63) is 52.6 Å². The van der Waals surface area contributed by atoms with Crippen LogP contribution in [0.1, 0.15) is 73.3 Å². The molecular formula is C25H28O4. The minimum absolute atomic E-state index is 0.313. The predicted octanol–water partition coefficient (Wildman–Crippen LogP) is 5.56. The summed E-state index contributed by atoms with van der Waals surface area (Å²) in [5, 5.41) is 10.1. The van der Waals surface area contributed by atoms with Crippen molar-refractivity contribution in [2.45, 2.75) is 70.0 Å². The van der Waals surface area contributed by atoms with Crippen LogP contribution in [0.4, 0.5) is 0 Å². The molecule has 1 heterocycles. The molecular weight excluding hydrogens is 364 g/mol. The molecule has 0 aromatic heterocycles. The number of hydrogen-bond donors (Lipinski definition) is 1. The number of aryl methyl sites for hydroxylation is 2. The topological polar surface area (TPSA) is 55.8 Å². The average molecular weight is 392 g/mol. The number of rotatable bonds is 6. The van der Waals surface area contributed by atoms with Crippen molar-refractivity contribution in [1.29, 1.82) is 0 Å². The summed E-state index contributed by atoms with van der Waals surface area (Å²) in [6.07, 6.45) is 5.25. The van der Waals surface area contributed by atoms with Gasteiger partial charge in [-0.25, -0.2) is 4.79 Å². The lowest BCUT2D eigenvalue weighted by Crippen LogP contribution is -2.23. The molecule has 1 N–H and O–H groups in total. The van der Waals surface area contributed by atoms with E-state index in [9.17, 15) is 9.90 Å². The SMILES string of the molecule is Cc1ccc(C2CC2)c(-c2ccc3c(c2)CCCO3)c1C(OC1(C)CC1)C(=O)O. The fourth-order valence-electron chi connectivity index (χ4n) is 4.46. The number of fused-ring (bicyclic) bond motifs is 1. The van der Waals surface area contributed by atoms with Crippen LogP contribution in [0, 0.1) is 6.92 Å². The summed E-state index contributed by atoms with van der Waals surface area (Å²) in [5.74, 6) is 0.568. The maximum absolute atomic E-state index is 12.3. The van der Waals surface area contributed by atoms with Gasteiger partial charge in [0.25, 0.3) is 0 Å². The first-order valence-corrected chi connectivity index (χ1v) is 10.8. The number of carboxylic acid groups (broad SMARTS) is 1. The second-order valence-corrected chi connectivity index (χ2v) is 9.10. The Bertz CT molecular complexity index is 969. The Morgan fingerprint density at radius 2 is 2.03 bits per heavy atom. The summed E-state index contributed by atoms with van der Waals surface area (Å²) >= 11 is 0. The van der Waals surface area contributed by atoms with Gasteiger partial charge in [-0.1, -0.05) is 18.2 Å². The van der Waals surface area contributed by atoms with Gasteiger partial charge in [0.15, 0.2) is 6.10 Å². The zero-order chi connectivity index (χ0) is 20.2. The van der Waals surface area contributed by atoms with E-state index in [0.717, 1.165) is 60.3 Å². The van der Waals surface area contributed by atoms with Crippen molar-refractivity contribution >= 4 is 5.97 Å². The first-order valence-electron chi connectivity index (χ1n) is 10.8. The molecule has 4 heteroatoms. The lowest BCUT2D eigenvalue weighted by atomic mass is 9.85. The van der Waals surface area contributed by atoms with Gasteiger partial charge >= 0.3 is 5.97 Å². The van der Waals surface area contributed by atoms with Crippen LogP contribution in [-0.2, 0) is 16.0 Å². The molecule has 2 aliphatic carbocycles. The molecule has 29 heavy (non-hydrogen) atoms. The van der Waals surface area contributed by atoms with Gasteiger partial charge in [0.1, 0.15) is 5.75 Å². The van der Waals surface area contributed by atoms with Crippen LogP contribution in [0.3, 0.4) is 0 Å². The van der Waals surface area contributed by atoms with Crippen LogP contribution in [0.15, 0.2) is 30.3 Å². The van der Waals surface area contributed by atoms with Crippen molar-refractivity contribution in [2.24, 2.45) is 0 Å². The highest BCUT2D eigenvalue weighted by Gasteiger charge is 2.44. The third-order valence-corrected chi connectivity index (χ3v) is 6.55. The van der Waals surface area contributed by atoms with Gasteiger partial charge in [-0.3, -0.25) is 0 Å². The highest BCUT2D eigenvalue weighted by atomic mass is 16.5. The lowest BCUT2D eigenvalue weighted by molar-refractivity contribution is -0.156. The Balaban J connectivity index is 1.68. The fourth-order valence-corrected chi connectivity index (χ4v) is 4.46. The number of carboxylic acids is 1. The van der Waals surface area contributed by atoms with Crippen LogP contribution in [0.5, 0.6) is 5.75 Å². The lowest BCUT2D eigenvalue weighted by Gasteiger charge is -2.26. The average Bonchev–Trinajstić information content (AvgIpc) is 3.63. The molecule has 2 aromatic carbocycles. The molecule has 0 spiro atoms. The summed E-state index contributed by atoms with van der Waals surface area (Å²) in [6.45, 7) is 4.79. The van der Waals surface area contributed by atoms with E-state index in [2.05, 4.69) is 24.3 Å². The van der Waals surface area contributed by atoms with E-state index in [4.69, 9.17) is 9.47 Å². The molecule has 0 radical (unpaired) electrons. The number of aliphatic carboxylic acids is 1. The maximum atomic E-state index is 12.3. The first kappa shape index (κ1) is 18.7. The molecule has 0 amide bonds. The molecule has 0 bridgehead atoms. The molecule has 2 saturated carbocycles. The predicted molar refractivity (Wildman–Crippen MR) is 112 cm³/mol. The molecule has 1 aliphatic heterocycles. The van der Waals surface area contributed by atoms with E-state index in [-0.39, 0.29) is 5.60 Å². The van der Waals surface area contributed by atoms with Gasteiger partial charge in [-0.15, -0.1) is 0 Å². The molecule has 1 atom stereocenters. The third-order valence-electron chi connectivity index (χ3n) is 6.55. The first-order chi connectivity index (χ1) is 14.0. The van der Waals surface area contributed by atoms with Gasteiger partial charge in [-0.05, 0) is 98.2 Å². The summed E-state index contributed by atoms with van der Waals surface area (Å²) in [7, 11) is 0. The van der Waals surface area contributed by atoms with Gasteiger partial charge < -0.3 is 14.6 Å². The summed E-state index contributed by atoms with van der Waals surface area (Å²) < 4.78 is 12.0. The van der Waals surface area contributed by atoms with Crippen molar-refractivity contribution in [3.8, 4) is 16.9 Å². The zero-order valence-corrected chi connectivity index (χ0v) is 17.2. The molecule has 152 valence electrons. The number of ether oxygens (including phenoxy) is 2. The standard InChI is InChI=1S/C25H28O4/c1-15-5-9-19(16-6-7-16)22(18-8-10-20-17(14-18)4-3-13-28-20)21(15)23(24(26)27)29-25(2)11-12-25/h5,8-10,14,16,23H,3-4,6-7,11-13H2,1-2H3,(H,26,27). The number of hydrogen-bond acceptors (Lipinski definition) is 3. The number of benzene rings is 2. The summed E-state index contributed by atoms with van der Waals surface area (Å²) in [4.78, 5) is 12.3. The maximum Gasteiger partial charge on any atom is 0.337 e. The zero-order valence-electron chi connectivity index (χ0n) is 17.2. The Morgan fingerprint density at radius 3 is 2.72 bits per heavy atom. The largest absolute Gasteiger partial charge is 0.493 e. The van der Waals surface area contributed by atoms with Gasteiger partial charge in [0.2, 0.25) is 0 Å². The molecule has 4 nitrogen and oxygen atoms in total. The van der Waals surface area contributed by atoms with Crippen molar-refractivity contribution < 1.29 is 19.4 Å².